The molecule has 0 fully saturated rings. The van der Waals surface area contributed by atoms with Crippen molar-refractivity contribution in [2.45, 2.75) is 24.3 Å². The third-order valence-electron chi connectivity index (χ3n) is 3.51. The number of ether oxygens (including phenoxy) is 1. The number of rotatable bonds is 4. The number of nitrogens with zero attached hydrogens (tertiary/aromatic N) is 1. The van der Waals surface area contributed by atoms with Crippen LogP contribution in [0.3, 0.4) is 0 Å². The smallest absolute Gasteiger partial charge is 0.241 e. The first kappa shape index (κ1) is 14.0. The van der Waals surface area contributed by atoms with Crippen molar-refractivity contribution in [1.82, 2.24) is 9.71 Å². The lowest BCUT2D eigenvalue weighted by molar-refractivity contribution is 0.356. The molecule has 6 heteroatoms. The molecule has 1 unspecified atom stereocenters. The van der Waals surface area contributed by atoms with E-state index in [0.29, 0.717) is 6.61 Å². The van der Waals surface area contributed by atoms with Crippen LogP contribution in [-0.4, -0.2) is 20.0 Å². The van der Waals surface area contributed by atoms with Gasteiger partial charge in [0.1, 0.15) is 5.75 Å². The number of benzene rings is 1. The number of fused-ring (bicyclic) bond motifs is 1. The lowest BCUT2D eigenvalue weighted by Gasteiger charge is -2.14. The quantitative estimate of drug-likeness (QED) is 0.938. The predicted molar refractivity (Wildman–Crippen MR) is 78.6 cm³/mol. The molecule has 0 saturated heterocycles. The number of hydrogen-bond acceptors (Lipinski definition) is 4. The number of nitrogens with one attached hydrogen (secondary N) is 1. The molecular weight excluding hydrogens is 288 g/mol. The molecule has 110 valence electrons. The molecule has 1 aromatic carbocycles. The largest absolute Gasteiger partial charge is 0.493 e. The average Bonchev–Trinajstić information content (AvgIpc) is 2.95. The summed E-state index contributed by atoms with van der Waals surface area (Å²) in [6, 6.07) is 8.25. The van der Waals surface area contributed by atoms with Gasteiger partial charge in [-0.3, -0.25) is 4.98 Å². The van der Waals surface area contributed by atoms with Crippen molar-refractivity contribution in [2.75, 3.05) is 6.61 Å². The fraction of sp³-hybridized carbons (Fsp3) is 0.267. The summed E-state index contributed by atoms with van der Waals surface area (Å²) in [5.41, 5.74) is 1.81. The fourth-order valence-corrected chi connectivity index (χ4v) is 3.63. The van der Waals surface area contributed by atoms with E-state index in [4.69, 9.17) is 4.74 Å². The molecule has 0 aliphatic carbocycles. The molecule has 1 atom stereocenters. The SMILES string of the molecule is CC(NS(=O)(=O)c1ccc2c(c1)CCO2)c1ccncc1. The van der Waals surface area contributed by atoms with Crippen LogP contribution < -0.4 is 9.46 Å². The van der Waals surface area contributed by atoms with E-state index in [1.54, 1.807) is 42.7 Å². The van der Waals surface area contributed by atoms with E-state index >= 15 is 0 Å². The lowest BCUT2D eigenvalue weighted by Crippen LogP contribution is -2.27. The van der Waals surface area contributed by atoms with Crippen LogP contribution in [0.5, 0.6) is 5.75 Å². The van der Waals surface area contributed by atoms with Gasteiger partial charge < -0.3 is 4.74 Å². The Labute approximate surface area is 124 Å². The minimum atomic E-state index is -3.56. The van der Waals surface area contributed by atoms with Crippen LogP contribution >= 0.6 is 0 Å². The Morgan fingerprint density at radius 2 is 2.00 bits per heavy atom. The number of hydrogen-bond donors (Lipinski definition) is 1. The molecule has 5 nitrogen and oxygen atoms in total. The maximum atomic E-state index is 12.4. The van der Waals surface area contributed by atoms with Gasteiger partial charge in [-0.25, -0.2) is 13.1 Å². The van der Waals surface area contributed by atoms with Gasteiger partial charge in [0.25, 0.3) is 0 Å². The third kappa shape index (κ3) is 2.91. The van der Waals surface area contributed by atoms with Gasteiger partial charge in [-0.1, -0.05) is 0 Å². The zero-order valence-electron chi connectivity index (χ0n) is 11.6. The van der Waals surface area contributed by atoms with Gasteiger partial charge in [0.05, 0.1) is 11.5 Å². The molecule has 0 radical (unpaired) electrons. The van der Waals surface area contributed by atoms with Crippen LogP contribution in [0.2, 0.25) is 0 Å². The van der Waals surface area contributed by atoms with Gasteiger partial charge in [-0.15, -0.1) is 0 Å². The molecule has 3 rings (SSSR count). The highest BCUT2D eigenvalue weighted by atomic mass is 32.2. The summed E-state index contributed by atoms with van der Waals surface area (Å²) in [6.07, 6.45) is 4.04. The summed E-state index contributed by atoms with van der Waals surface area (Å²) in [4.78, 5) is 4.20. The lowest BCUT2D eigenvalue weighted by atomic mass is 10.1. The first-order valence-electron chi connectivity index (χ1n) is 6.74. The van der Waals surface area contributed by atoms with Gasteiger partial charge in [0, 0.05) is 24.9 Å². The average molecular weight is 304 g/mol. The summed E-state index contributed by atoms with van der Waals surface area (Å²) in [7, 11) is -3.56. The van der Waals surface area contributed by atoms with Crippen molar-refractivity contribution < 1.29 is 13.2 Å². The van der Waals surface area contributed by atoms with E-state index in [0.717, 1.165) is 23.3 Å². The Kier molecular flexibility index (Phi) is 3.65. The highest BCUT2D eigenvalue weighted by Crippen LogP contribution is 2.28. The van der Waals surface area contributed by atoms with Gasteiger partial charge >= 0.3 is 0 Å². The molecule has 0 bridgehead atoms. The standard InChI is InChI=1S/C15H16N2O3S/c1-11(12-4-7-16-8-5-12)17-21(18,19)14-2-3-15-13(10-14)6-9-20-15/h2-5,7-8,10-11,17H,6,9H2,1H3. The minimum Gasteiger partial charge on any atom is -0.493 e. The molecule has 1 aliphatic heterocycles. The highest BCUT2D eigenvalue weighted by Gasteiger charge is 2.21. The molecule has 2 heterocycles. The maximum absolute atomic E-state index is 12.4. The van der Waals surface area contributed by atoms with E-state index in [9.17, 15) is 8.42 Å². The molecule has 1 aliphatic rings. The van der Waals surface area contributed by atoms with E-state index in [1.165, 1.54) is 0 Å². The maximum Gasteiger partial charge on any atom is 0.241 e. The topological polar surface area (TPSA) is 68.3 Å². The monoisotopic (exact) mass is 304 g/mol. The summed E-state index contributed by atoms with van der Waals surface area (Å²) in [6.45, 7) is 2.42. The molecule has 21 heavy (non-hydrogen) atoms. The minimum absolute atomic E-state index is 0.271. The second-order valence-corrected chi connectivity index (χ2v) is 6.71. The van der Waals surface area contributed by atoms with Crippen molar-refractivity contribution in [2.24, 2.45) is 0 Å². The molecule has 1 N–H and O–H groups in total. The zero-order valence-corrected chi connectivity index (χ0v) is 12.4. The molecule has 0 spiro atoms. The van der Waals surface area contributed by atoms with E-state index < -0.39 is 10.0 Å². The third-order valence-corrected chi connectivity index (χ3v) is 5.05. The Hall–Kier alpha value is -1.92. The van der Waals surface area contributed by atoms with Crippen LogP contribution in [0.1, 0.15) is 24.1 Å². The number of pyridine rings is 1. The van der Waals surface area contributed by atoms with Crippen molar-refractivity contribution >= 4 is 10.0 Å². The normalized spacial score (nSPS) is 15.3. The van der Waals surface area contributed by atoms with Crippen molar-refractivity contribution in [3.63, 3.8) is 0 Å². The number of sulfonamides is 1. The Morgan fingerprint density at radius 3 is 2.76 bits per heavy atom. The van der Waals surface area contributed by atoms with Crippen LogP contribution in [0, 0.1) is 0 Å². The van der Waals surface area contributed by atoms with Gasteiger partial charge in [0.15, 0.2) is 0 Å². The Morgan fingerprint density at radius 1 is 1.24 bits per heavy atom. The van der Waals surface area contributed by atoms with Crippen molar-refractivity contribution in [3.8, 4) is 5.75 Å². The van der Waals surface area contributed by atoms with Gasteiger partial charge in [0.2, 0.25) is 10.0 Å². The molecule has 2 aromatic rings. The van der Waals surface area contributed by atoms with Crippen molar-refractivity contribution in [1.29, 1.82) is 0 Å². The van der Waals surface area contributed by atoms with Crippen LogP contribution in [0.25, 0.3) is 0 Å². The molecule has 0 amide bonds. The van der Waals surface area contributed by atoms with Crippen LogP contribution in [0.4, 0.5) is 0 Å². The fourth-order valence-electron chi connectivity index (χ4n) is 2.35. The Bertz CT molecular complexity index is 745. The zero-order chi connectivity index (χ0) is 14.9. The summed E-state index contributed by atoms with van der Waals surface area (Å²) in [5, 5.41) is 0. The van der Waals surface area contributed by atoms with Crippen molar-refractivity contribution in [3.05, 3.63) is 53.9 Å². The van der Waals surface area contributed by atoms with Crippen LogP contribution in [-0.2, 0) is 16.4 Å². The Balaban J connectivity index is 1.84. The molecule has 0 saturated carbocycles. The molecular formula is C15H16N2O3S. The van der Waals surface area contributed by atoms with Gasteiger partial charge in [-0.2, -0.15) is 0 Å². The summed E-state index contributed by atoms with van der Waals surface area (Å²) >= 11 is 0. The first-order valence-corrected chi connectivity index (χ1v) is 8.22. The van der Waals surface area contributed by atoms with Gasteiger partial charge in [-0.05, 0) is 48.4 Å². The second-order valence-electron chi connectivity index (χ2n) is 4.99. The van der Waals surface area contributed by atoms with E-state index in [2.05, 4.69) is 9.71 Å². The number of aromatic nitrogens is 1. The predicted octanol–water partition coefficient (Wildman–Crippen LogP) is 2.06. The first-order chi connectivity index (χ1) is 10.1. The van der Waals surface area contributed by atoms with Crippen LogP contribution in [0.15, 0.2) is 47.6 Å². The summed E-state index contributed by atoms with van der Waals surface area (Å²) < 4.78 is 33.0. The second kappa shape index (κ2) is 5.46. The highest BCUT2D eigenvalue weighted by molar-refractivity contribution is 7.89. The van der Waals surface area contributed by atoms with E-state index in [1.807, 2.05) is 6.92 Å². The van der Waals surface area contributed by atoms with E-state index in [-0.39, 0.29) is 10.9 Å². The summed E-state index contributed by atoms with van der Waals surface area (Å²) in [5.74, 6) is 0.774. The molecule has 1 aromatic heterocycles.